The number of methoxy groups -OCH3 is 1. The molecule has 0 N–H and O–H groups in total. The first-order valence-corrected chi connectivity index (χ1v) is 15.7. The topological polar surface area (TPSA) is 40.2 Å². The molecule has 1 heterocycles. The highest BCUT2D eigenvalue weighted by Crippen LogP contribution is 2.34. The van der Waals surface area contributed by atoms with Crippen molar-refractivity contribution < 1.29 is 18.9 Å². The van der Waals surface area contributed by atoms with Gasteiger partial charge >= 0.3 is 0 Å². The Morgan fingerprint density at radius 1 is 0.614 bits per heavy atom. The lowest BCUT2D eigenvalue weighted by atomic mass is 9.78. The average molecular weight is 595 g/mol. The fraction of sp³-hybridized carbons (Fsp3) is 0.400. The summed E-state index contributed by atoms with van der Waals surface area (Å²) in [6.45, 7) is 18.3. The summed E-state index contributed by atoms with van der Waals surface area (Å²) < 4.78 is 21.8. The summed E-state index contributed by atoms with van der Waals surface area (Å²) >= 11 is 0. The summed E-state index contributed by atoms with van der Waals surface area (Å²) in [5, 5.41) is 0. The van der Waals surface area contributed by atoms with Crippen LogP contribution in [0.15, 0.2) is 97.1 Å². The SMILES string of the molecule is COCC(C)COc1ccc(C(C)(C)c2ccc(C)cc2)cc1.Cc1ccc(C(C)(C)c2ccc(OCC3CO3)cc2)cc1. The summed E-state index contributed by atoms with van der Waals surface area (Å²) in [5.74, 6) is 2.22. The summed E-state index contributed by atoms with van der Waals surface area (Å²) in [6.07, 6.45) is 0.300. The Balaban J connectivity index is 0.000000201. The molecule has 0 radical (unpaired) electrons. The first-order chi connectivity index (χ1) is 21.0. The highest BCUT2D eigenvalue weighted by Gasteiger charge is 2.25. The van der Waals surface area contributed by atoms with Gasteiger partial charge in [0, 0.05) is 23.9 Å². The first-order valence-electron chi connectivity index (χ1n) is 15.7. The number of hydrogen-bond acceptors (Lipinski definition) is 4. The molecule has 2 atom stereocenters. The van der Waals surface area contributed by atoms with E-state index in [9.17, 15) is 0 Å². The van der Waals surface area contributed by atoms with Crippen LogP contribution in [0.5, 0.6) is 11.5 Å². The van der Waals surface area contributed by atoms with Crippen molar-refractivity contribution in [2.24, 2.45) is 5.92 Å². The van der Waals surface area contributed by atoms with Gasteiger partial charge in [0.15, 0.2) is 0 Å². The Hall–Kier alpha value is -3.60. The fourth-order valence-electron chi connectivity index (χ4n) is 5.13. The summed E-state index contributed by atoms with van der Waals surface area (Å²) in [4.78, 5) is 0. The molecule has 0 aromatic heterocycles. The van der Waals surface area contributed by atoms with Gasteiger partial charge in [0.2, 0.25) is 0 Å². The molecule has 0 aliphatic carbocycles. The van der Waals surface area contributed by atoms with Crippen LogP contribution in [0.4, 0.5) is 0 Å². The fourth-order valence-corrected chi connectivity index (χ4v) is 5.13. The van der Waals surface area contributed by atoms with Gasteiger partial charge in [0.1, 0.15) is 24.2 Å². The molecule has 0 bridgehead atoms. The van der Waals surface area contributed by atoms with Crippen molar-refractivity contribution in [1.29, 1.82) is 0 Å². The van der Waals surface area contributed by atoms with Gasteiger partial charge in [-0.3, -0.25) is 0 Å². The van der Waals surface area contributed by atoms with Crippen LogP contribution in [-0.4, -0.2) is 39.6 Å². The van der Waals surface area contributed by atoms with E-state index < -0.39 is 0 Å². The molecule has 1 fully saturated rings. The van der Waals surface area contributed by atoms with E-state index in [0.717, 1.165) is 24.7 Å². The van der Waals surface area contributed by atoms with Gasteiger partial charge in [-0.2, -0.15) is 0 Å². The van der Waals surface area contributed by atoms with E-state index in [-0.39, 0.29) is 10.8 Å². The van der Waals surface area contributed by atoms with Crippen LogP contribution in [0.25, 0.3) is 0 Å². The molecule has 4 heteroatoms. The monoisotopic (exact) mass is 594 g/mol. The molecule has 4 nitrogen and oxygen atoms in total. The van der Waals surface area contributed by atoms with E-state index in [4.69, 9.17) is 18.9 Å². The van der Waals surface area contributed by atoms with Crippen molar-refractivity contribution in [3.05, 3.63) is 130 Å². The molecule has 1 saturated heterocycles. The smallest absolute Gasteiger partial charge is 0.119 e. The second kappa shape index (κ2) is 14.9. The molecule has 0 spiro atoms. The predicted molar refractivity (Wildman–Crippen MR) is 181 cm³/mol. The van der Waals surface area contributed by atoms with E-state index in [1.54, 1.807) is 7.11 Å². The van der Waals surface area contributed by atoms with E-state index >= 15 is 0 Å². The third-order valence-corrected chi connectivity index (χ3v) is 8.52. The van der Waals surface area contributed by atoms with E-state index in [1.807, 2.05) is 12.1 Å². The standard InChI is InChI=1S/C21H28O2.C19H22O2/c1-16-6-8-18(9-7-16)21(3,4)19-10-12-20(13-11-19)23-15-17(2)14-22-5;1-14-4-6-15(7-5-14)19(2,3)16-8-10-17(11-9-16)20-12-18-13-21-18/h6-13,17H,14-15H2,1-5H3;4-11,18H,12-13H2,1-3H3. The maximum absolute atomic E-state index is 5.83. The maximum Gasteiger partial charge on any atom is 0.119 e. The second-order valence-electron chi connectivity index (χ2n) is 13.2. The van der Waals surface area contributed by atoms with Gasteiger partial charge < -0.3 is 18.9 Å². The number of epoxide rings is 1. The van der Waals surface area contributed by atoms with Gasteiger partial charge in [-0.1, -0.05) is 119 Å². The van der Waals surface area contributed by atoms with Crippen molar-refractivity contribution in [3.8, 4) is 11.5 Å². The lowest BCUT2D eigenvalue weighted by Crippen LogP contribution is -2.19. The third kappa shape index (κ3) is 9.20. The van der Waals surface area contributed by atoms with Gasteiger partial charge in [-0.25, -0.2) is 0 Å². The molecule has 2 unspecified atom stereocenters. The summed E-state index contributed by atoms with van der Waals surface area (Å²) in [6, 6.07) is 34.4. The molecule has 4 aromatic carbocycles. The highest BCUT2D eigenvalue weighted by atomic mass is 16.6. The molecule has 0 amide bonds. The molecular weight excluding hydrogens is 544 g/mol. The lowest BCUT2D eigenvalue weighted by molar-refractivity contribution is 0.127. The van der Waals surface area contributed by atoms with E-state index in [0.29, 0.717) is 25.2 Å². The average Bonchev–Trinajstić information content (AvgIpc) is 3.85. The van der Waals surface area contributed by atoms with E-state index in [1.165, 1.54) is 33.4 Å². The van der Waals surface area contributed by atoms with Crippen LogP contribution < -0.4 is 9.47 Å². The maximum atomic E-state index is 5.83. The van der Waals surface area contributed by atoms with Crippen LogP contribution in [0.2, 0.25) is 0 Å². The van der Waals surface area contributed by atoms with Crippen LogP contribution in [-0.2, 0) is 20.3 Å². The number of hydrogen-bond donors (Lipinski definition) is 0. The molecular formula is C40H50O4. The molecule has 44 heavy (non-hydrogen) atoms. The molecule has 234 valence electrons. The second-order valence-corrected chi connectivity index (χ2v) is 13.2. The number of ether oxygens (including phenoxy) is 4. The Labute approximate surface area is 265 Å². The van der Waals surface area contributed by atoms with Gasteiger partial charge in [-0.05, 0) is 60.4 Å². The van der Waals surface area contributed by atoms with Gasteiger partial charge in [0.05, 0.1) is 19.8 Å². The Kier molecular flexibility index (Phi) is 11.3. The van der Waals surface area contributed by atoms with Gasteiger partial charge in [0.25, 0.3) is 0 Å². The van der Waals surface area contributed by atoms with Crippen molar-refractivity contribution in [3.63, 3.8) is 0 Å². The van der Waals surface area contributed by atoms with E-state index in [2.05, 4.69) is 133 Å². The minimum absolute atomic E-state index is 0.00810. The predicted octanol–water partition coefficient (Wildman–Crippen LogP) is 9.08. The van der Waals surface area contributed by atoms with Crippen LogP contribution >= 0.6 is 0 Å². The first kappa shape index (κ1) is 33.3. The normalized spacial score (nSPS) is 15.1. The Bertz CT molecular complexity index is 1420. The van der Waals surface area contributed by atoms with Gasteiger partial charge in [-0.15, -0.1) is 0 Å². The zero-order valence-corrected chi connectivity index (χ0v) is 27.9. The van der Waals surface area contributed by atoms with Crippen LogP contribution in [0, 0.1) is 19.8 Å². The summed E-state index contributed by atoms with van der Waals surface area (Å²) in [5.41, 5.74) is 7.79. The van der Waals surface area contributed by atoms with Crippen molar-refractivity contribution >= 4 is 0 Å². The van der Waals surface area contributed by atoms with Crippen LogP contribution in [0.1, 0.15) is 68.0 Å². The third-order valence-electron chi connectivity index (χ3n) is 8.52. The zero-order valence-electron chi connectivity index (χ0n) is 27.9. The number of rotatable bonds is 12. The molecule has 5 rings (SSSR count). The number of aryl methyl sites for hydroxylation is 2. The van der Waals surface area contributed by atoms with Crippen molar-refractivity contribution in [2.45, 2.75) is 65.4 Å². The highest BCUT2D eigenvalue weighted by molar-refractivity contribution is 5.42. The van der Waals surface area contributed by atoms with Crippen molar-refractivity contribution in [2.75, 3.05) is 33.5 Å². The Morgan fingerprint density at radius 2 is 0.977 bits per heavy atom. The summed E-state index contributed by atoms with van der Waals surface area (Å²) in [7, 11) is 1.72. The lowest BCUT2D eigenvalue weighted by Gasteiger charge is -2.26. The molecule has 4 aromatic rings. The molecule has 1 aliphatic heterocycles. The largest absolute Gasteiger partial charge is 0.493 e. The minimum Gasteiger partial charge on any atom is -0.493 e. The van der Waals surface area contributed by atoms with Crippen LogP contribution in [0.3, 0.4) is 0 Å². The number of benzene rings is 4. The van der Waals surface area contributed by atoms with Crippen molar-refractivity contribution in [1.82, 2.24) is 0 Å². The molecule has 1 aliphatic rings. The molecule has 0 saturated carbocycles. The Morgan fingerprint density at radius 3 is 1.34 bits per heavy atom. The quantitative estimate of drug-likeness (QED) is 0.153. The minimum atomic E-state index is -0.0183. The zero-order chi connectivity index (χ0) is 31.7.